The highest BCUT2D eigenvalue weighted by Crippen LogP contribution is 2.43. The normalized spacial score (nSPS) is 18.9. The van der Waals surface area contributed by atoms with Crippen LogP contribution >= 0.6 is 11.3 Å². The van der Waals surface area contributed by atoms with Gasteiger partial charge in [0.1, 0.15) is 5.82 Å². The maximum absolute atomic E-state index is 13.3. The van der Waals surface area contributed by atoms with Crippen molar-refractivity contribution in [2.24, 2.45) is 0 Å². The molecule has 1 N–H and O–H groups in total. The fourth-order valence-corrected chi connectivity index (χ4v) is 4.49. The first kappa shape index (κ1) is 17.4. The Hall–Kier alpha value is -2.99. The second-order valence-electron chi connectivity index (χ2n) is 6.65. The molecule has 0 aliphatic carbocycles. The molecule has 1 aliphatic rings. The summed E-state index contributed by atoms with van der Waals surface area (Å²) in [5.74, 6) is -0.230. The summed E-state index contributed by atoms with van der Waals surface area (Å²) in [5, 5.41) is 4.90. The van der Waals surface area contributed by atoms with Gasteiger partial charge in [0, 0.05) is 23.7 Å². The largest absolute Gasteiger partial charge is 0.333 e. The summed E-state index contributed by atoms with van der Waals surface area (Å²) in [6.07, 6.45) is 1.67. The average Bonchev–Trinajstić information content (AvgIpc) is 3.18. The number of carbonyl (C=O) groups excluding carboxylic acids is 2. The molecule has 5 nitrogen and oxygen atoms in total. The van der Waals surface area contributed by atoms with Gasteiger partial charge in [-0.05, 0) is 47.7 Å². The highest BCUT2D eigenvalue weighted by molar-refractivity contribution is 7.10. The summed E-state index contributed by atoms with van der Waals surface area (Å²) in [6.45, 7) is 1.95. The van der Waals surface area contributed by atoms with E-state index in [4.69, 9.17) is 0 Å². The van der Waals surface area contributed by atoms with E-state index in [1.807, 2.05) is 54.8 Å². The van der Waals surface area contributed by atoms with Crippen LogP contribution in [0.15, 0.2) is 60.1 Å². The van der Waals surface area contributed by atoms with Gasteiger partial charge >= 0.3 is 0 Å². The lowest BCUT2D eigenvalue weighted by Crippen LogP contribution is -2.43. The molecule has 0 saturated heterocycles. The first-order valence-electron chi connectivity index (χ1n) is 8.69. The Labute approximate surface area is 161 Å². The van der Waals surface area contributed by atoms with E-state index in [2.05, 4.69) is 10.3 Å². The first-order valence-corrected chi connectivity index (χ1v) is 9.57. The molecule has 0 bridgehead atoms. The highest BCUT2D eigenvalue weighted by Gasteiger charge is 2.43. The van der Waals surface area contributed by atoms with Crippen LogP contribution in [-0.2, 0) is 4.79 Å². The van der Waals surface area contributed by atoms with Crippen LogP contribution < -0.4 is 5.32 Å². The van der Waals surface area contributed by atoms with Gasteiger partial charge in [0.05, 0.1) is 12.0 Å². The molecule has 6 heteroatoms. The third kappa shape index (κ3) is 3.13. The van der Waals surface area contributed by atoms with Gasteiger partial charge in [0.25, 0.3) is 5.91 Å². The number of hydrogen-bond donors (Lipinski definition) is 1. The third-order valence-electron chi connectivity index (χ3n) is 4.86. The van der Waals surface area contributed by atoms with E-state index >= 15 is 0 Å². The number of benzene rings is 1. The van der Waals surface area contributed by atoms with E-state index < -0.39 is 5.92 Å². The van der Waals surface area contributed by atoms with E-state index in [0.717, 1.165) is 16.0 Å². The minimum Gasteiger partial charge on any atom is -0.333 e. The number of likely N-dealkylation sites (N-methyl/N-ethyl adjacent to an activating group) is 1. The van der Waals surface area contributed by atoms with Crippen molar-refractivity contribution in [3.05, 3.63) is 81.7 Å². The molecule has 2 atom stereocenters. The molecule has 0 radical (unpaired) electrons. The van der Waals surface area contributed by atoms with Crippen molar-refractivity contribution in [3.8, 4) is 0 Å². The molecule has 0 saturated carbocycles. The Bertz CT molecular complexity index is 1000. The zero-order valence-corrected chi connectivity index (χ0v) is 15.9. The van der Waals surface area contributed by atoms with Gasteiger partial charge in [0.2, 0.25) is 5.91 Å². The van der Waals surface area contributed by atoms with Crippen LogP contribution in [0.5, 0.6) is 0 Å². The molecule has 1 aliphatic heterocycles. The number of carbonyl (C=O) groups is 2. The van der Waals surface area contributed by atoms with Crippen molar-refractivity contribution in [1.82, 2.24) is 9.88 Å². The molecule has 136 valence electrons. The first-order chi connectivity index (χ1) is 13.1. The molecule has 2 amide bonds. The molecule has 4 rings (SSSR count). The number of amides is 2. The van der Waals surface area contributed by atoms with Gasteiger partial charge in [-0.2, -0.15) is 0 Å². The maximum Gasteiger partial charge on any atom is 0.254 e. The summed E-state index contributed by atoms with van der Waals surface area (Å²) in [4.78, 5) is 33.1. The summed E-state index contributed by atoms with van der Waals surface area (Å²) >= 11 is 1.55. The van der Waals surface area contributed by atoms with Crippen molar-refractivity contribution < 1.29 is 9.59 Å². The topological polar surface area (TPSA) is 62.3 Å². The second kappa shape index (κ2) is 6.96. The lowest BCUT2D eigenvalue weighted by molar-refractivity contribution is -0.119. The minimum absolute atomic E-state index is 0.0678. The Kier molecular flexibility index (Phi) is 4.49. The lowest BCUT2D eigenvalue weighted by atomic mass is 9.81. The van der Waals surface area contributed by atoms with E-state index in [-0.39, 0.29) is 17.9 Å². The lowest BCUT2D eigenvalue weighted by Gasteiger charge is -2.38. The number of nitrogens with zero attached hydrogens (tertiary/aromatic N) is 2. The standard InChI is InChI=1S/C21H19N3O2S/c1-13-9-10-22-17(12-13)23-20(25)18-14-6-3-4-7-15(14)21(26)24(2)19(18)16-8-5-11-27-16/h3-12,18-19H,1-2H3,(H,22,23,25). The Morgan fingerprint density at radius 2 is 2.00 bits per heavy atom. The number of rotatable bonds is 3. The number of pyridine rings is 1. The van der Waals surface area contributed by atoms with Gasteiger partial charge in [-0.1, -0.05) is 24.3 Å². The second-order valence-corrected chi connectivity index (χ2v) is 7.63. The number of nitrogens with one attached hydrogen (secondary N) is 1. The third-order valence-corrected chi connectivity index (χ3v) is 5.81. The number of aromatic nitrogens is 1. The number of anilines is 1. The minimum atomic E-state index is -0.509. The van der Waals surface area contributed by atoms with Crippen LogP contribution in [-0.4, -0.2) is 28.7 Å². The van der Waals surface area contributed by atoms with Crippen LogP contribution in [0.25, 0.3) is 0 Å². The summed E-state index contributed by atoms with van der Waals surface area (Å²) in [5.41, 5.74) is 2.35. The summed E-state index contributed by atoms with van der Waals surface area (Å²) < 4.78 is 0. The molecule has 2 aromatic heterocycles. The number of aryl methyl sites for hydroxylation is 1. The Morgan fingerprint density at radius 3 is 2.74 bits per heavy atom. The van der Waals surface area contributed by atoms with Crippen molar-refractivity contribution in [1.29, 1.82) is 0 Å². The van der Waals surface area contributed by atoms with Gasteiger partial charge < -0.3 is 10.2 Å². The van der Waals surface area contributed by atoms with Gasteiger partial charge in [-0.25, -0.2) is 4.98 Å². The van der Waals surface area contributed by atoms with E-state index in [0.29, 0.717) is 11.4 Å². The van der Waals surface area contributed by atoms with E-state index in [9.17, 15) is 9.59 Å². The van der Waals surface area contributed by atoms with Crippen LogP contribution in [0.4, 0.5) is 5.82 Å². The molecule has 0 spiro atoms. The van der Waals surface area contributed by atoms with Crippen LogP contribution in [0.3, 0.4) is 0 Å². The molecule has 0 fully saturated rings. The number of thiophene rings is 1. The molecule has 2 unspecified atom stereocenters. The average molecular weight is 377 g/mol. The molecule has 27 heavy (non-hydrogen) atoms. The van der Waals surface area contributed by atoms with Crippen molar-refractivity contribution in [2.45, 2.75) is 18.9 Å². The maximum atomic E-state index is 13.3. The fourth-order valence-electron chi connectivity index (χ4n) is 3.58. The molecule has 3 heterocycles. The smallest absolute Gasteiger partial charge is 0.254 e. The van der Waals surface area contributed by atoms with Crippen molar-refractivity contribution >= 4 is 29.0 Å². The number of hydrogen-bond acceptors (Lipinski definition) is 4. The molecular weight excluding hydrogens is 358 g/mol. The van der Waals surface area contributed by atoms with Gasteiger partial charge in [-0.3, -0.25) is 9.59 Å². The SMILES string of the molecule is Cc1ccnc(NC(=O)C2c3ccccc3C(=O)N(C)C2c2cccs2)c1. The predicted molar refractivity (Wildman–Crippen MR) is 106 cm³/mol. The number of fused-ring (bicyclic) bond motifs is 1. The molecule has 3 aromatic rings. The van der Waals surface area contributed by atoms with Gasteiger partial charge in [-0.15, -0.1) is 11.3 Å². The monoisotopic (exact) mass is 377 g/mol. The quantitative estimate of drug-likeness (QED) is 0.750. The fraction of sp³-hybridized carbons (Fsp3) is 0.190. The van der Waals surface area contributed by atoms with Crippen LogP contribution in [0, 0.1) is 6.92 Å². The zero-order valence-electron chi connectivity index (χ0n) is 15.0. The van der Waals surface area contributed by atoms with Crippen molar-refractivity contribution in [2.75, 3.05) is 12.4 Å². The highest BCUT2D eigenvalue weighted by atomic mass is 32.1. The van der Waals surface area contributed by atoms with Crippen LogP contribution in [0.1, 0.15) is 38.3 Å². The molecular formula is C21H19N3O2S. The van der Waals surface area contributed by atoms with E-state index in [1.165, 1.54) is 0 Å². The predicted octanol–water partition coefficient (Wildman–Crippen LogP) is 4.00. The van der Waals surface area contributed by atoms with E-state index in [1.54, 1.807) is 35.5 Å². The Balaban J connectivity index is 1.79. The van der Waals surface area contributed by atoms with Gasteiger partial charge in [0.15, 0.2) is 0 Å². The summed E-state index contributed by atoms with van der Waals surface area (Å²) in [6, 6.07) is 14.6. The Morgan fingerprint density at radius 1 is 1.19 bits per heavy atom. The zero-order chi connectivity index (χ0) is 19.0. The molecule has 1 aromatic carbocycles. The summed E-state index contributed by atoms with van der Waals surface area (Å²) in [7, 11) is 1.76. The van der Waals surface area contributed by atoms with Crippen LogP contribution in [0.2, 0.25) is 0 Å². The van der Waals surface area contributed by atoms with Crippen molar-refractivity contribution in [3.63, 3.8) is 0 Å².